The number of nitrogens with zero attached hydrogens (tertiary/aromatic N) is 5. The summed E-state index contributed by atoms with van der Waals surface area (Å²) in [5.41, 5.74) is 11.1. The Balaban J connectivity index is 1.35. The highest BCUT2D eigenvalue weighted by Gasteiger charge is 2.39. The van der Waals surface area contributed by atoms with Crippen molar-refractivity contribution in [1.82, 2.24) is 24.1 Å². The fraction of sp³-hybridized carbons (Fsp3) is 0.276. The molecule has 2 atom stereocenters. The maximum absolute atomic E-state index is 12.1. The van der Waals surface area contributed by atoms with Gasteiger partial charge >= 0.3 is 0 Å². The number of likely N-dealkylation sites (tertiary alicyclic amines) is 1. The van der Waals surface area contributed by atoms with Crippen LogP contribution in [0.15, 0.2) is 66.7 Å². The number of primary amides is 1. The average Bonchev–Trinajstić information content (AvgIpc) is 3.71. The van der Waals surface area contributed by atoms with E-state index >= 15 is 0 Å². The van der Waals surface area contributed by atoms with Crippen LogP contribution in [0.4, 0.5) is 5.82 Å². The number of aromatic nitrogens is 4. The highest BCUT2D eigenvalue weighted by molar-refractivity contribution is 6.06. The number of morpholine rings is 1. The van der Waals surface area contributed by atoms with E-state index in [9.17, 15) is 4.79 Å². The molecule has 7 rings (SSSR count). The molecule has 9 heteroatoms. The number of anilines is 1. The van der Waals surface area contributed by atoms with Gasteiger partial charge in [0.25, 0.3) is 5.95 Å². The van der Waals surface area contributed by atoms with Crippen LogP contribution in [0.1, 0.15) is 33.7 Å². The van der Waals surface area contributed by atoms with Crippen LogP contribution in [0.3, 0.4) is 0 Å². The minimum Gasteiger partial charge on any atom is -0.375 e. The fourth-order valence-corrected chi connectivity index (χ4v) is 5.89. The minimum absolute atomic E-state index is 0.341. The van der Waals surface area contributed by atoms with Crippen molar-refractivity contribution in [2.45, 2.75) is 38.6 Å². The molecule has 2 bridgehead atoms. The average molecular weight is 508 g/mol. The van der Waals surface area contributed by atoms with E-state index in [1.807, 2.05) is 52.4 Å². The summed E-state index contributed by atoms with van der Waals surface area (Å²) in [6.45, 7) is 5.18. The number of rotatable bonds is 7. The Morgan fingerprint density at radius 3 is 2.74 bits per heavy atom. The van der Waals surface area contributed by atoms with Crippen molar-refractivity contribution in [3.05, 3.63) is 89.2 Å². The quantitative estimate of drug-likeness (QED) is 0.349. The molecule has 5 aromatic rings. The molecule has 9 nitrogen and oxygen atoms in total. The number of carbonyl (C=O) groups is 1. The standard InChI is InChI=1S/C29H29N7O2/c1-18-12-24-23(27(30)37)8-5-9-25(24)35(18)29-32-28(31-14-19-6-3-2-4-7-19)26-11-10-20(36(26)33-29)15-34-16-22-13-21(34)17-38-22/h2-12,21-22H,13-17H2,1H3,(H2,30,37)(H,31,32,33). The summed E-state index contributed by atoms with van der Waals surface area (Å²) in [4.78, 5) is 19.6. The first-order valence-electron chi connectivity index (χ1n) is 13.0. The van der Waals surface area contributed by atoms with Crippen molar-refractivity contribution in [2.75, 3.05) is 18.5 Å². The molecule has 3 N–H and O–H groups in total. The van der Waals surface area contributed by atoms with Crippen molar-refractivity contribution in [2.24, 2.45) is 5.73 Å². The summed E-state index contributed by atoms with van der Waals surface area (Å²) in [6, 6.07) is 22.5. The monoisotopic (exact) mass is 507 g/mol. The Morgan fingerprint density at radius 2 is 1.97 bits per heavy atom. The summed E-state index contributed by atoms with van der Waals surface area (Å²) < 4.78 is 9.81. The Bertz CT molecular complexity index is 1670. The third-order valence-corrected chi connectivity index (χ3v) is 7.75. The first-order chi connectivity index (χ1) is 18.5. The molecule has 2 aromatic carbocycles. The first-order valence-corrected chi connectivity index (χ1v) is 13.0. The van der Waals surface area contributed by atoms with Crippen molar-refractivity contribution in [3.63, 3.8) is 0 Å². The van der Waals surface area contributed by atoms with Crippen LogP contribution in [0.5, 0.6) is 0 Å². The smallest absolute Gasteiger partial charge is 0.254 e. The van der Waals surface area contributed by atoms with Gasteiger partial charge in [0.2, 0.25) is 5.91 Å². The number of ether oxygens (including phenoxy) is 1. The lowest BCUT2D eigenvalue weighted by atomic mass is 10.1. The number of carbonyl (C=O) groups excluding carboxylic acids is 1. The molecular formula is C29H29N7O2. The lowest BCUT2D eigenvalue weighted by Crippen LogP contribution is -2.36. The van der Waals surface area contributed by atoms with Crippen LogP contribution in [0.25, 0.3) is 22.4 Å². The van der Waals surface area contributed by atoms with Gasteiger partial charge in [-0.15, -0.1) is 5.10 Å². The fourth-order valence-electron chi connectivity index (χ4n) is 5.89. The van der Waals surface area contributed by atoms with Crippen LogP contribution < -0.4 is 11.1 Å². The van der Waals surface area contributed by atoms with Gasteiger partial charge in [-0.05, 0) is 49.2 Å². The Hall–Kier alpha value is -4.21. The van der Waals surface area contributed by atoms with Gasteiger partial charge in [0, 0.05) is 42.3 Å². The molecule has 38 heavy (non-hydrogen) atoms. The molecular weight excluding hydrogens is 478 g/mol. The zero-order valence-corrected chi connectivity index (χ0v) is 21.2. The molecule has 2 aliphatic heterocycles. The maximum Gasteiger partial charge on any atom is 0.254 e. The number of hydrogen-bond donors (Lipinski definition) is 2. The predicted molar refractivity (Wildman–Crippen MR) is 145 cm³/mol. The normalized spacial score (nSPS) is 19.1. The lowest BCUT2D eigenvalue weighted by Gasteiger charge is -2.26. The van der Waals surface area contributed by atoms with Crippen molar-refractivity contribution in [3.8, 4) is 5.95 Å². The van der Waals surface area contributed by atoms with E-state index in [0.717, 1.165) is 59.7 Å². The third kappa shape index (κ3) is 3.82. The van der Waals surface area contributed by atoms with Gasteiger partial charge in [-0.25, -0.2) is 4.52 Å². The number of nitrogens with two attached hydrogens (primary N) is 1. The minimum atomic E-state index is -0.453. The molecule has 0 saturated carbocycles. The van der Waals surface area contributed by atoms with E-state index < -0.39 is 5.91 Å². The van der Waals surface area contributed by atoms with E-state index in [1.165, 1.54) is 5.56 Å². The molecule has 192 valence electrons. The Morgan fingerprint density at radius 1 is 1.11 bits per heavy atom. The second kappa shape index (κ2) is 8.97. The molecule has 1 amide bonds. The van der Waals surface area contributed by atoms with Crippen LogP contribution in [-0.2, 0) is 17.8 Å². The van der Waals surface area contributed by atoms with Crippen molar-refractivity contribution >= 4 is 28.1 Å². The van der Waals surface area contributed by atoms with Gasteiger partial charge < -0.3 is 15.8 Å². The largest absolute Gasteiger partial charge is 0.375 e. The predicted octanol–water partition coefficient (Wildman–Crippen LogP) is 3.67. The molecule has 2 unspecified atom stereocenters. The van der Waals surface area contributed by atoms with Crippen LogP contribution >= 0.6 is 0 Å². The molecule has 0 radical (unpaired) electrons. The van der Waals surface area contributed by atoms with Gasteiger partial charge in [0.1, 0.15) is 5.52 Å². The summed E-state index contributed by atoms with van der Waals surface area (Å²) in [7, 11) is 0. The third-order valence-electron chi connectivity index (χ3n) is 7.75. The molecule has 2 fully saturated rings. The zero-order chi connectivity index (χ0) is 25.8. The topological polar surface area (TPSA) is 103 Å². The number of nitrogens with one attached hydrogen (secondary N) is 1. The lowest BCUT2D eigenvalue weighted by molar-refractivity contribution is 0.0266. The van der Waals surface area contributed by atoms with E-state index in [-0.39, 0.29) is 0 Å². The summed E-state index contributed by atoms with van der Waals surface area (Å²) in [6.07, 6.45) is 1.44. The zero-order valence-electron chi connectivity index (χ0n) is 21.2. The van der Waals surface area contributed by atoms with E-state index in [1.54, 1.807) is 6.07 Å². The van der Waals surface area contributed by atoms with Crippen LogP contribution in [0, 0.1) is 6.92 Å². The number of fused-ring (bicyclic) bond motifs is 4. The summed E-state index contributed by atoms with van der Waals surface area (Å²) >= 11 is 0. The Kier molecular flexibility index (Phi) is 5.41. The van der Waals surface area contributed by atoms with Crippen molar-refractivity contribution < 1.29 is 9.53 Å². The number of hydrogen-bond acceptors (Lipinski definition) is 6. The van der Waals surface area contributed by atoms with Crippen molar-refractivity contribution in [1.29, 1.82) is 0 Å². The van der Waals surface area contributed by atoms with Gasteiger partial charge in [-0.3, -0.25) is 14.3 Å². The van der Waals surface area contributed by atoms with Gasteiger partial charge in [-0.1, -0.05) is 36.4 Å². The summed E-state index contributed by atoms with van der Waals surface area (Å²) in [5, 5.41) is 9.37. The van der Waals surface area contributed by atoms with Gasteiger partial charge in [0.15, 0.2) is 5.82 Å². The number of aryl methyl sites for hydroxylation is 1. The SMILES string of the molecule is Cc1cc2c(C(N)=O)cccc2n1-c1nc(NCc2ccccc2)c2ccc(CN3CC4CC3CO4)n2n1. The highest BCUT2D eigenvalue weighted by atomic mass is 16.5. The van der Waals surface area contributed by atoms with Crippen LogP contribution in [0.2, 0.25) is 0 Å². The molecule has 2 saturated heterocycles. The first kappa shape index (κ1) is 22.9. The highest BCUT2D eigenvalue weighted by Crippen LogP contribution is 2.31. The maximum atomic E-state index is 12.1. The molecule has 0 spiro atoms. The molecule has 3 aromatic heterocycles. The van der Waals surface area contributed by atoms with Gasteiger partial charge in [0.05, 0.1) is 23.9 Å². The Labute approximate surface area is 219 Å². The van der Waals surface area contributed by atoms with E-state index in [0.29, 0.717) is 30.2 Å². The van der Waals surface area contributed by atoms with E-state index in [4.69, 9.17) is 20.6 Å². The molecule has 2 aliphatic rings. The second-order valence-corrected chi connectivity index (χ2v) is 10.2. The summed E-state index contributed by atoms with van der Waals surface area (Å²) in [5.74, 6) is 0.834. The molecule has 5 heterocycles. The van der Waals surface area contributed by atoms with Gasteiger partial charge in [-0.2, -0.15) is 4.98 Å². The number of benzene rings is 2. The molecule has 0 aliphatic carbocycles. The van der Waals surface area contributed by atoms with Crippen LogP contribution in [-0.4, -0.2) is 55.3 Å². The van der Waals surface area contributed by atoms with E-state index in [2.05, 4.69) is 34.5 Å². The number of amides is 1. The second-order valence-electron chi connectivity index (χ2n) is 10.2.